The van der Waals surface area contributed by atoms with Crippen molar-refractivity contribution in [2.45, 2.75) is 13.5 Å². The van der Waals surface area contributed by atoms with Crippen molar-refractivity contribution in [3.8, 4) is 0 Å². The van der Waals surface area contributed by atoms with Crippen LogP contribution in [0.2, 0.25) is 10.0 Å². The van der Waals surface area contributed by atoms with Gasteiger partial charge in [-0.2, -0.15) is 0 Å². The van der Waals surface area contributed by atoms with Crippen molar-refractivity contribution < 1.29 is 24.0 Å². The van der Waals surface area contributed by atoms with Gasteiger partial charge < -0.3 is 4.74 Å². The molecule has 0 spiro atoms. The highest BCUT2D eigenvalue weighted by Crippen LogP contribution is 2.35. The molecule has 0 fully saturated rings. The van der Waals surface area contributed by atoms with Crippen molar-refractivity contribution in [1.29, 1.82) is 0 Å². The fraction of sp³-hybridized carbons (Fsp3) is 0.0870. The number of esters is 1. The standard InChI is InChI=1S/C23H14Cl2N2O6/c1-12-5-7-14(23(30)33-11-13-6-8-16(24)17(25)9-13)10-19(12)26-21(28)15-3-2-4-18(27(31)32)20(15)22(26)29/h2-10H,11H2,1H3. The predicted octanol–water partition coefficient (Wildman–Crippen LogP) is 5.37. The highest BCUT2D eigenvalue weighted by atomic mass is 35.5. The number of nitro benzene ring substituents is 1. The Hall–Kier alpha value is -3.75. The number of carbonyl (C=O) groups is 3. The normalized spacial score (nSPS) is 12.6. The minimum atomic E-state index is -0.827. The molecule has 0 aromatic heterocycles. The predicted molar refractivity (Wildman–Crippen MR) is 121 cm³/mol. The molecule has 0 unspecified atom stereocenters. The number of rotatable bonds is 5. The smallest absolute Gasteiger partial charge is 0.338 e. The molecular formula is C23H14Cl2N2O6. The first-order valence-electron chi connectivity index (χ1n) is 9.57. The lowest BCUT2D eigenvalue weighted by Crippen LogP contribution is -2.30. The first-order valence-corrected chi connectivity index (χ1v) is 10.3. The quantitative estimate of drug-likeness (QED) is 0.208. The lowest BCUT2D eigenvalue weighted by Gasteiger charge is -2.17. The minimum Gasteiger partial charge on any atom is -0.457 e. The van der Waals surface area contributed by atoms with E-state index in [4.69, 9.17) is 27.9 Å². The van der Waals surface area contributed by atoms with Crippen molar-refractivity contribution >= 4 is 52.4 Å². The van der Waals surface area contributed by atoms with Crippen LogP contribution >= 0.6 is 23.2 Å². The summed E-state index contributed by atoms with van der Waals surface area (Å²) in [7, 11) is 0. The number of fused-ring (bicyclic) bond motifs is 1. The maximum Gasteiger partial charge on any atom is 0.338 e. The van der Waals surface area contributed by atoms with Crippen LogP contribution in [0.4, 0.5) is 11.4 Å². The van der Waals surface area contributed by atoms with Gasteiger partial charge in [-0.05, 0) is 48.4 Å². The van der Waals surface area contributed by atoms with Crippen molar-refractivity contribution in [2.75, 3.05) is 4.90 Å². The molecule has 0 bridgehead atoms. The first kappa shape index (κ1) is 22.4. The van der Waals surface area contributed by atoms with Gasteiger partial charge in [0, 0.05) is 6.07 Å². The third kappa shape index (κ3) is 4.06. The molecule has 8 nitrogen and oxygen atoms in total. The molecule has 0 aliphatic carbocycles. The van der Waals surface area contributed by atoms with Crippen molar-refractivity contribution in [3.05, 3.63) is 103 Å². The van der Waals surface area contributed by atoms with Gasteiger partial charge in [0.15, 0.2) is 0 Å². The average molecular weight is 485 g/mol. The van der Waals surface area contributed by atoms with Gasteiger partial charge in [0.25, 0.3) is 17.5 Å². The van der Waals surface area contributed by atoms with Crippen LogP contribution in [0, 0.1) is 17.0 Å². The topological polar surface area (TPSA) is 107 Å². The van der Waals surface area contributed by atoms with Gasteiger partial charge >= 0.3 is 5.97 Å². The number of ether oxygens (including phenoxy) is 1. The SMILES string of the molecule is Cc1ccc(C(=O)OCc2ccc(Cl)c(Cl)c2)cc1N1C(=O)c2cccc([N+](=O)[O-])c2C1=O. The highest BCUT2D eigenvalue weighted by Gasteiger charge is 2.42. The van der Waals surface area contributed by atoms with Gasteiger partial charge in [-0.1, -0.05) is 41.4 Å². The van der Waals surface area contributed by atoms with Gasteiger partial charge in [-0.3, -0.25) is 19.7 Å². The molecule has 1 aliphatic heterocycles. The lowest BCUT2D eigenvalue weighted by atomic mass is 10.1. The second-order valence-corrected chi connectivity index (χ2v) is 8.04. The molecule has 0 atom stereocenters. The number of amides is 2. The Morgan fingerprint density at radius 3 is 2.48 bits per heavy atom. The van der Waals surface area contributed by atoms with E-state index in [1.54, 1.807) is 31.2 Å². The van der Waals surface area contributed by atoms with Crippen molar-refractivity contribution in [1.82, 2.24) is 0 Å². The Morgan fingerprint density at radius 2 is 1.79 bits per heavy atom. The van der Waals surface area contributed by atoms with Gasteiger partial charge in [0.1, 0.15) is 12.2 Å². The summed E-state index contributed by atoms with van der Waals surface area (Å²) >= 11 is 11.9. The zero-order chi connectivity index (χ0) is 23.9. The second kappa shape index (κ2) is 8.65. The highest BCUT2D eigenvalue weighted by molar-refractivity contribution is 6.42. The summed E-state index contributed by atoms with van der Waals surface area (Å²) in [4.78, 5) is 50.0. The van der Waals surface area contributed by atoms with Crippen molar-refractivity contribution in [3.63, 3.8) is 0 Å². The largest absolute Gasteiger partial charge is 0.457 e. The van der Waals surface area contributed by atoms with E-state index < -0.39 is 28.4 Å². The monoisotopic (exact) mass is 484 g/mol. The Morgan fingerprint density at radius 1 is 1.03 bits per heavy atom. The van der Waals surface area contributed by atoms with Gasteiger partial charge in [-0.15, -0.1) is 0 Å². The van der Waals surface area contributed by atoms with Crippen LogP contribution in [-0.4, -0.2) is 22.7 Å². The molecule has 0 N–H and O–H groups in total. The molecule has 166 valence electrons. The fourth-order valence-electron chi connectivity index (χ4n) is 3.48. The van der Waals surface area contributed by atoms with E-state index in [9.17, 15) is 24.5 Å². The number of aryl methyl sites for hydroxylation is 1. The summed E-state index contributed by atoms with van der Waals surface area (Å²) in [6.07, 6.45) is 0. The van der Waals surface area contributed by atoms with Crippen LogP contribution in [0.3, 0.4) is 0 Å². The minimum absolute atomic E-state index is 0.0683. The summed E-state index contributed by atoms with van der Waals surface area (Å²) in [5.41, 5.74) is 0.580. The number of carbonyl (C=O) groups excluding carboxylic acids is 3. The summed E-state index contributed by atoms with van der Waals surface area (Å²) in [5, 5.41) is 12.0. The molecule has 1 aliphatic rings. The summed E-state index contributed by atoms with van der Waals surface area (Å²) in [6.45, 7) is 1.58. The van der Waals surface area contributed by atoms with E-state index in [-0.39, 0.29) is 29.0 Å². The molecule has 10 heteroatoms. The van der Waals surface area contributed by atoms with Crippen LogP contribution in [0.5, 0.6) is 0 Å². The van der Waals surface area contributed by atoms with Crippen LogP contribution in [0.1, 0.15) is 42.2 Å². The molecule has 0 radical (unpaired) electrons. The Bertz CT molecular complexity index is 1350. The summed E-state index contributed by atoms with van der Waals surface area (Å²) in [6, 6.07) is 13.1. The van der Waals surface area contributed by atoms with E-state index in [1.807, 2.05) is 0 Å². The number of imide groups is 1. The molecule has 2 amide bonds. The van der Waals surface area contributed by atoms with Gasteiger partial charge in [0.2, 0.25) is 0 Å². The summed E-state index contributed by atoms with van der Waals surface area (Å²) < 4.78 is 5.31. The molecule has 1 heterocycles. The van der Waals surface area contributed by atoms with Crippen LogP contribution in [0.25, 0.3) is 0 Å². The van der Waals surface area contributed by atoms with E-state index in [0.29, 0.717) is 21.2 Å². The van der Waals surface area contributed by atoms with Crippen LogP contribution in [-0.2, 0) is 11.3 Å². The van der Waals surface area contributed by atoms with E-state index in [2.05, 4.69) is 0 Å². The Kier molecular flexibility index (Phi) is 5.88. The molecular weight excluding hydrogens is 471 g/mol. The molecule has 0 saturated heterocycles. The number of benzene rings is 3. The molecule has 3 aromatic carbocycles. The fourth-order valence-corrected chi connectivity index (χ4v) is 3.80. The zero-order valence-electron chi connectivity index (χ0n) is 17.0. The van der Waals surface area contributed by atoms with E-state index in [0.717, 1.165) is 11.0 Å². The van der Waals surface area contributed by atoms with Gasteiger partial charge in [0.05, 0.1) is 31.8 Å². The number of nitro groups is 1. The second-order valence-electron chi connectivity index (χ2n) is 7.23. The Labute approximate surface area is 197 Å². The number of hydrogen-bond acceptors (Lipinski definition) is 6. The number of nitrogens with zero attached hydrogens (tertiary/aromatic N) is 2. The molecule has 3 aromatic rings. The number of anilines is 1. The molecule has 4 rings (SSSR count). The lowest BCUT2D eigenvalue weighted by molar-refractivity contribution is -0.385. The van der Waals surface area contributed by atoms with Crippen LogP contribution in [0.15, 0.2) is 54.6 Å². The third-order valence-electron chi connectivity index (χ3n) is 5.13. The molecule has 0 saturated carbocycles. The van der Waals surface area contributed by atoms with E-state index >= 15 is 0 Å². The number of hydrogen-bond donors (Lipinski definition) is 0. The summed E-state index contributed by atoms with van der Waals surface area (Å²) in [5.74, 6) is -2.22. The number of halogens is 2. The zero-order valence-corrected chi connectivity index (χ0v) is 18.5. The van der Waals surface area contributed by atoms with Gasteiger partial charge in [-0.25, -0.2) is 9.69 Å². The average Bonchev–Trinajstić information content (AvgIpc) is 3.04. The van der Waals surface area contributed by atoms with E-state index in [1.165, 1.54) is 24.3 Å². The maximum absolute atomic E-state index is 13.0. The Balaban J connectivity index is 1.62. The first-order chi connectivity index (χ1) is 15.7. The van der Waals surface area contributed by atoms with Crippen LogP contribution < -0.4 is 4.90 Å². The third-order valence-corrected chi connectivity index (χ3v) is 5.87. The van der Waals surface area contributed by atoms with Crippen molar-refractivity contribution in [2.24, 2.45) is 0 Å². The maximum atomic E-state index is 13.0. The molecule has 33 heavy (non-hydrogen) atoms.